The minimum absolute atomic E-state index is 0.734. The van der Waals surface area contributed by atoms with Crippen LogP contribution < -0.4 is 0 Å². The number of aromatic nitrogens is 1. The van der Waals surface area contributed by atoms with Crippen LogP contribution in [-0.2, 0) is 0 Å². The van der Waals surface area contributed by atoms with E-state index in [0.29, 0.717) is 0 Å². The van der Waals surface area contributed by atoms with E-state index in [-0.39, 0.29) is 0 Å². The van der Waals surface area contributed by atoms with E-state index in [0.717, 1.165) is 17.1 Å². The fraction of sp³-hybridized carbons (Fsp3) is 0.318. The molecule has 3 aromatic rings. The standard InChI is InChI=1S/C22H23N/c1-16-6-5-9-20(14-16)21-13-12-18-10-11-19(15-22(18)23-21)17-7-3-2-4-8-17/h5-6,9-15,17H,2-4,7-8H2,1H3. The summed E-state index contributed by atoms with van der Waals surface area (Å²) in [5.41, 5.74) is 6.16. The van der Waals surface area contributed by atoms with E-state index in [9.17, 15) is 0 Å². The highest BCUT2D eigenvalue weighted by molar-refractivity contribution is 5.82. The Balaban J connectivity index is 1.74. The predicted molar refractivity (Wildman–Crippen MR) is 97.7 cm³/mol. The van der Waals surface area contributed by atoms with Gasteiger partial charge in [-0.2, -0.15) is 0 Å². The van der Waals surface area contributed by atoms with Gasteiger partial charge in [0.15, 0.2) is 0 Å². The Morgan fingerprint density at radius 1 is 0.870 bits per heavy atom. The number of nitrogens with zero attached hydrogens (tertiary/aromatic N) is 1. The largest absolute Gasteiger partial charge is 0.248 e. The van der Waals surface area contributed by atoms with E-state index >= 15 is 0 Å². The number of hydrogen-bond acceptors (Lipinski definition) is 1. The van der Waals surface area contributed by atoms with Gasteiger partial charge >= 0.3 is 0 Å². The molecule has 0 radical (unpaired) electrons. The lowest BCUT2D eigenvalue weighted by Crippen LogP contribution is -2.04. The maximum absolute atomic E-state index is 4.94. The van der Waals surface area contributed by atoms with Crippen molar-refractivity contribution in [3.8, 4) is 11.3 Å². The van der Waals surface area contributed by atoms with Crippen LogP contribution >= 0.6 is 0 Å². The molecule has 0 saturated heterocycles. The highest BCUT2D eigenvalue weighted by Gasteiger charge is 2.16. The highest BCUT2D eigenvalue weighted by atomic mass is 14.7. The summed E-state index contributed by atoms with van der Waals surface area (Å²) in [4.78, 5) is 4.94. The van der Waals surface area contributed by atoms with Gasteiger partial charge < -0.3 is 0 Å². The quantitative estimate of drug-likeness (QED) is 0.544. The minimum atomic E-state index is 0.734. The van der Waals surface area contributed by atoms with E-state index in [1.54, 1.807) is 0 Å². The van der Waals surface area contributed by atoms with Gasteiger partial charge in [0.1, 0.15) is 0 Å². The molecule has 1 heteroatoms. The smallest absolute Gasteiger partial charge is 0.0712 e. The van der Waals surface area contributed by atoms with Crippen LogP contribution in [0.3, 0.4) is 0 Å². The highest BCUT2D eigenvalue weighted by Crippen LogP contribution is 2.34. The molecule has 1 aliphatic rings. The van der Waals surface area contributed by atoms with Crippen molar-refractivity contribution in [2.75, 3.05) is 0 Å². The van der Waals surface area contributed by atoms with Crippen molar-refractivity contribution in [3.05, 3.63) is 65.7 Å². The summed E-state index contributed by atoms with van der Waals surface area (Å²) >= 11 is 0. The lowest BCUT2D eigenvalue weighted by atomic mass is 9.84. The first-order chi connectivity index (χ1) is 11.3. The number of aryl methyl sites for hydroxylation is 1. The van der Waals surface area contributed by atoms with Crippen LogP contribution in [0, 0.1) is 6.92 Å². The molecule has 1 fully saturated rings. The predicted octanol–water partition coefficient (Wildman–Crippen LogP) is 6.26. The zero-order chi connectivity index (χ0) is 15.6. The fourth-order valence-electron chi connectivity index (χ4n) is 3.79. The first kappa shape index (κ1) is 14.4. The lowest BCUT2D eigenvalue weighted by Gasteiger charge is -2.22. The normalized spacial score (nSPS) is 15.9. The number of hydrogen-bond donors (Lipinski definition) is 0. The van der Waals surface area contributed by atoms with Gasteiger partial charge in [-0.25, -0.2) is 4.98 Å². The molecule has 1 heterocycles. The van der Waals surface area contributed by atoms with Crippen LogP contribution in [0.2, 0.25) is 0 Å². The molecule has 0 aliphatic heterocycles. The van der Waals surface area contributed by atoms with E-state index in [1.165, 1.54) is 54.2 Å². The Morgan fingerprint density at radius 2 is 1.70 bits per heavy atom. The maximum atomic E-state index is 4.94. The van der Waals surface area contributed by atoms with Gasteiger partial charge in [0.2, 0.25) is 0 Å². The molecule has 0 N–H and O–H groups in total. The molecule has 23 heavy (non-hydrogen) atoms. The molecule has 116 valence electrons. The third kappa shape index (κ3) is 3.01. The van der Waals surface area contributed by atoms with Crippen LogP contribution in [0.1, 0.15) is 49.1 Å². The van der Waals surface area contributed by atoms with Crippen LogP contribution in [0.25, 0.3) is 22.2 Å². The van der Waals surface area contributed by atoms with E-state index in [4.69, 9.17) is 4.98 Å². The third-order valence-corrected chi connectivity index (χ3v) is 5.11. The summed E-state index contributed by atoms with van der Waals surface area (Å²) in [7, 11) is 0. The molecule has 0 atom stereocenters. The minimum Gasteiger partial charge on any atom is -0.248 e. The van der Waals surface area contributed by atoms with Crippen molar-refractivity contribution in [1.29, 1.82) is 0 Å². The number of fused-ring (bicyclic) bond motifs is 1. The van der Waals surface area contributed by atoms with Crippen molar-refractivity contribution in [2.24, 2.45) is 0 Å². The van der Waals surface area contributed by atoms with E-state index in [2.05, 4.69) is 61.5 Å². The Kier molecular flexibility index (Phi) is 3.87. The molecule has 1 saturated carbocycles. The monoisotopic (exact) mass is 301 g/mol. The molecule has 1 aliphatic carbocycles. The van der Waals surface area contributed by atoms with Crippen molar-refractivity contribution in [1.82, 2.24) is 4.98 Å². The summed E-state index contributed by atoms with van der Waals surface area (Å²) in [5, 5.41) is 1.24. The van der Waals surface area contributed by atoms with Crippen LogP contribution in [0.15, 0.2) is 54.6 Å². The Hall–Kier alpha value is -2.15. The Morgan fingerprint density at radius 3 is 2.52 bits per heavy atom. The second-order valence-corrected chi connectivity index (χ2v) is 6.85. The number of pyridine rings is 1. The first-order valence-corrected chi connectivity index (χ1v) is 8.77. The summed E-state index contributed by atoms with van der Waals surface area (Å²) in [6.07, 6.45) is 6.82. The van der Waals surface area contributed by atoms with Crippen molar-refractivity contribution >= 4 is 10.9 Å². The second-order valence-electron chi connectivity index (χ2n) is 6.85. The third-order valence-electron chi connectivity index (χ3n) is 5.11. The molecule has 1 nitrogen and oxygen atoms in total. The van der Waals surface area contributed by atoms with Crippen molar-refractivity contribution < 1.29 is 0 Å². The molecule has 0 bridgehead atoms. The molecular weight excluding hydrogens is 278 g/mol. The molecule has 0 spiro atoms. The number of rotatable bonds is 2. The van der Waals surface area contributed by atoms with Gasteiger partial charge in [-0.3, -0.25) is 0 Å². The van der Waals surface area contributed by atoms with Crippen LogP contribution in [0.5, 0.6) is 0 Å². The van der Waals surface area contributed by atoms with Crippen molar-refractivity contribution in [2.45, 2.75) is 44.9 Å². The Bertz CT molecular complexity index is 828. The average molecular weight is 301 g/mol. The zero-order valence-electron chi connectivity index (χ0n) is 13.8. The van der Waals surface area contributed by atoms with Gasteiger partial charge in [0.05, 0.1) is 11.2 Å². The molecule has 4 rings (SSSR count). The van der Waals surface area contributed by atoms with E-state index in [1.807, 2.05) is 0 Å². The SMILES string of the molecule is Cc1cccc(-c2ccc3ccc(C4CCCCC4)cc3n2)c1. The summed E-state index contributed by atoms with van der Waals surface area (Å²) in [5.74, 6) is 0.734. The molecular formula is C22H23N. The maximum Gasteiger partial charge on any atom is 0.0712 e. The average Bonchev–Trinajstić information content (AvgIpc) is 2.61. The van der Waals surface area contributed by atoms with Gasteiger partial charge in [-0.15, -0.1) is 0 Å². The van der Waals surface area contributed by atoms with Crippen molar-refractivity contribution in [3.63, 3.8) is 0 Å². The van der Waals surface area contributed by atoms with Gasteiger partial charge in [-0.05, 0) is 49.4 Å². The summed E-state index contributed by atoms with van der Waals surface area (Å²) in [6, 6.07) is 19.8. The molecule has 0 amide bonds. The zero-order valence-corrected chi connectivity index (χ0v) is 13.8. The van der Waals surface area contributed by atoms with Crippen LogP contribution in [-0.4, -0.2) is 4.98 Å². The summed E-state index contributed by atoms with van der Waals surface area (Å²) < 4.78 is 0. The molecule has 2 aromatic carbocycles. The summed E-state index contributed by atoms with van der Waals surface area (Å²) in [6.45, 7) is 2.13. The van der Waals surface area contributed by atoms with E-state index < -0.39 is 0 Å². The molecule has 0 unspecified atom stereocenters. The fourth-order valence-corrected chi connectivity index (χ4v) is 3.79. The van der Waals surface area contributed by atoms with Gasteiger partial charge in [0, 0.05) is 10.9 Å². The number of benzene rings is 2. The lowest BCUT2D eigenvalue weighted by molar-refractivity contribution is 0.444. The van der Waals surface area contributed by atoms with Gasteiger partial charge in [0.25, 0.3) is 0 Å². The first-order valence-electron chi connectivity index (χ1n) is 8.77. The van der Waals surface area contributed by atoms with Crippen LogP contribution in [0.4, 0.5) is 0 Å². The molecule has 1 aromatic heterocycles. The second kappa shape index (κ2) is 6.16. The topological polar surface area (TPSA) is 12.9 Å². The van der Waals surface area contributed by atoms with Gasteiger partial charge in [-0.1, -0.05) is 61.2 Å². The Labute approximate surface area is 138 Å².